The Hall–Kier alpha value is -2.45. The van der Waals surface area contributed by atoms with Crippen LogP contribution >= 0.6 is 0 Å². The summed E-state index contributed by atoms with van der Waals surface area (Å²) in [4.78, 5) is 35.3. The molecule has 1 rings (SSSR count). The number of likely N-dealkylation sites (N-methyl/N-ethyl adjacent to an activating group) is 1. The topological polar surface area (TPSA) is 108 Å². The minimum atomic E-state index is -0.581. The zero-order valence-corrected chi connectivity index (χ0v) is 14.0. The second-order valence-electron chi connectivity index (χ2n) is 6.36. The number of hydrogen-bond acceptors (Lipinski definition) is 6. The van der Waals surface area contributed by atoms with E-state index in [9.17, 15) is 19.7 Å². The van der Waals surface area contributed by atoms with Gasteiger partial charge in [-0.15, -0.1) is 0 Å². The smallest absolute Gasteiger partial charge is 0.310 e. The van der Waals surface area contributed by atoms with E-state index in [0.717, 1.165) is 6.20 Å². The van der Waals surface area contributed by atoms with E-state index in [2.05, 4.69) is 5.10 Å². The van der Waals surface area contributed by atoms with Crippen LogP contribution in [0, 0.1) is 16.0 Å². The van der Waals surface area contributed by atoms with Crippen LogP contribution < -0.4 is 0 Å². The predicted octanol–water partition coefficient (Wildman–Crippen LogP) is 1.23. The Labute approximate surface area is 134 Å². The lowest BCUT2D eigenvalue weighted by Crippen LogP contribution is -2.38. The van der Waals surface area contributed by atoms with E-state index in [1.165, 1.54) is 15.8 Å². The van der Waals surface area contributed by atoms with Crippen molar-refractivity contribution in [3.8, 4) is 0 Å². The van der Waals surface area contributed by atoms with Gasteiger partial charge in [0, 0.05) is 13.6 Å². The molecule has 0 spiro atoms. The molecule has 0 unspecified atom stereocenters. The summed E-state index contributed by atoms with van der Waals surface area (Å²) < 4.78 is 6.45. The number of esters is 1. The van der Waals surface area contributed by atoms with Crippen molar-refractivity contribution in [3.63, 3.8) is 0 Å². The van der Waals surface area contributed by atoms with Crippen molar-refractivity contribution in [2.24, 2.45) is 5.92 Å². The lowest BCUT2D eigenvalue weighted by Gasteiger charge is -2.25. The van der Waals surface area contributed by atoms with Gasteiger partial charge in [0.05, 0.1) is 10.8 Å². The highest BCUT2D eigenvalue weighted by Crippen LogP contribution is 2.12. The van der Waals surface area contributed by atoms with Crippen LogP contribution in [0.5, 0.6) is 0 Å². The first-order valence-corrected chi connectivity index (χ1v) is 7.13. The molecule has 1 aromatic heterocycles. The number of amides is 1. The van der Waals surface area contributed by atoms with Crippen molar-refractivity contribution in [2.75, 3.05) is 13.6 Å². The largest absolute Gasteiger partial charge is 0.460 e. The molecule has 9 heteroatoms. The van der Waals surface area contributed by atoms with Gasteiger partial charge in [0.1, 0.15) is 24.5 Å². The summed E-state index contributed by atoms with van der Waals surface area (Å²) in [6.07, 6.45) is 2.26. The molecule has 0 aliphatic rings. The number of carbonyl (C=O) groups excluding carboxylic acids is 2. The summed E-state index contributed by atoms with van der Waals surface area (Å²) in [7, 11) is 1.56. The summed E-state index contributed by atoms with van der Waals surface area (Å²) >= 11 is 0. The van der Waals surface area contributed by atoms with Crippen LogP contribution in [-0.4, -0.2) is 50.7 Å². The van der Waals surface area contributed by atoms with Crippen molar-refractivity contribution in [2.45, 2.75) is 39.8 Å². The SMILES string of the molecule is C[C@@H](CN(C)C(=O)Cn1cc([N+](=O)[O-])cn1)C(=O)OC(C)(C)C. The van der Waals surface area contributed by atoms with Gasteiger partial charge in [-0.05, 0) is 20.8 Å². The highest BCUT2D eigenvalue weighted by atomic mass is 16.6. The molecule has 0 aliphatic heterocycles. The normalized spacial score (nSPS) is 12.6. The standard InChI is InChI=1S/C14H22N4O5/c1-10(13(20)23-14(2,3)4)7-16(5)12(19)9-17-8-11(6-15-17)18(21)22/h6,8,10H,7,9H2,1-5H3/t10-/m0/s1. The van der Waals surface area contributed by atoms with Gasteiger partial charge in [-0.3, -0.25) is 24.4 Å². The lowest BCUT2D eigenvalue weighted by molar-refractivity contribution is -0.385. The summed E-state index contributed by atoms with van der Waals surface area (Å²) in [5, 5.41) is 14.3. The van der Waals surface area contributed by atoms with Crippen molar-refractivity contribution in [3.05, 3.63) is 22.5 Å². The molecular formula is C14H22N4O5. The molecule has 128 valence electrons. The van der Waals surface area contributed by atoms with Gasteiger partial charge in [-0.1, -0.05) is 6.92 Å². The molecule has 0 N–H and O–H groups in total. The molecule has 1 heterocycles. The summed E-state index contributed by atoms with van der Waals surface area (Å²) in [6.45, 7) is 7.06. The number of aromatic nitrogens is 2. The molecule has 1 amide bonds. The summed E-state index contributed by atoms with van der Waals surface area (Å²) in [5.74, 6) is -1.17. The first-order chi connectivity index (χ1) is 10.5. The fourth-order valence-electron chi connectivity index (χ4n) is 1.78. The molecule has 1 aromatic rings. The zero-order chi connectivity index (χ0) is 17.8. The third-order valence-electron chi connectivity index (χ3n) is 2.91. The maximum atomic E-state index is 12.1. The summed E-state index contributed by atoms with van der Waals surface area (Å²) in [5.41, 5.74) is -0.760. The molecule has 0 saturated carbocycles. The van der Waals surface area contributed by atoms with Crippen LogP contribution in [0.15, 0.2) is 12.4 Å². The Morgan fingerprint density at radius 2 is 2.09 bits per heavy atom. The van der Waals surface area contributed by atoms with Gasteiger partial charge in [0.25, 0.3) is 0 Å². The maximum Gasteiger partial charge on any atom is 0.310 e. The van der Waals surface area contributed by atoms with E-state index < -0.39 is 16.4 Å². The van der Waals surface area contributed by atoms with Crippen molar-refractivity contribution in [1.82, 2.24) is 14.7 Å². The zero-order valence-electron chi connectivity index (χ0n) is 14.0. The van der Waals surface area contributed by atoms with E-state index in [4.69, 9.17) is 4.74 Å². The van der Waals surface area contributed by atoms with E-state index in [0.29, 0.717) is 0 Å². The average molecular weight is 326 g/mol. The van der Waals surface area contributed by atoms with Crippen molar-refractivity contribution >= 4 is 17.6 Å². The van der Waals surface area contributed by atoms with Crippen LogP contribution in [0.25, 0.3) is 0 Å². The molecule has 0 fully saturated rings. The van der Waals surface area contributed by atoms with Gasteiger partial charge in [0.2, 0.25) is 5.91 Å². The predicted molar refractivity (Wildman–Crippen MR) is 81.5 cm³/mol. The van der Waals surface area contributed by atoms with Crippen LogP contribution in [0.2, 0.25) is 0 Å². The molecule has 23 heavy (non-hydrogen) atoms. The Morgan fingerprint density at radius 1 is 1.48 bits per heavy atom. The Morgan fingerprint density at radius 3 is 2.57 bits per heavy atom. The number of ether oxygens (including phenoxy) is 1. The molecule has 0 bridgehead atoms. The highest BCUT2D eigenvalue weighted by molar-refractivity contribution is 5.77. The third-order valence-corrected chi connectivity index (χ3v) is 2.91. The molecule has 0 aliphatic carbocycles. The van der Waals surface area contributed by atoms with Crippen molar-refractivity contribution < 1.29 is 19.2 Å². The van der Waals surface area contributed by atoms with Gasteiger partial charge < -0.3 is 9.64 Å². The molecule has 0 aromatic carbocycles. The third kappa shape index (κ3) is 6.05. The lowest BCUT2D eigenvalue weighted by atomic mass is 10.1. The van der Waals surface area contributed by atoms with E-state index in [1.807, 2.05) is 0 Å². The second-order valence-corrected chi connectivity index (χ2v) is 6.36. The average Bonchev–Trinajstić information content (AvgIpc) is 2.85. The first-order valence-electron chi connectivity index (χ1n) is 7.13. The van der Waals surface area contributed by atoms with E-state index in [-0.39, 0.29) is 30.7 Å². The van der Waals surface area contributed by atoms with Gasteiger partial charge in [-0.2, -0.15) is 5.10 Å². The minimum Gasteiger partial charge on any atom is -0.460 e. The van der Waals surface area contributed by atoms with Crippen LogP contribution in [0.1, 0.15) is 27.7 Å². The van der Waals surface area contributed by atoms with Crippen LogP contribution in [0.4, 0.5) is 5.69 Å². The molecule has 0 radical (unpaired) electrons. The summed E-state index contributed by atoms with van der Waals surface area (Å²) in [6, 6.07) is 0. The van der Waals surface area contributed by atoms with Crippen LogP contribution in [-0.2, 0) is 20.9 Å². The molecule has 0 saturated heterocycles. The number of nitrogens with zero attached hydrogens (tertiary/aromatic N) is 4. The highest BCUT2D eigenvalue weighted by Gasteiger charge is 2.24. The second kappa shape index (κ2) is 7.21. The number of hydrogen-bond donors (Lipinski definition) is 0. The Bertz CT molecular complexity index is 590. The monoisotopic (exact) mass is 326 g/mol. The first kappa shape index (κ1) is 18.6. The quantitative estimate of drug-likeness (QED) is 0.442. The number of nitro groups is 1. The molecule has 9 nitrogen and oxygen atoms in total. The minimum absolute atomic E-state index is 0.134. The van der Waals surface area contributed by atoms with E-state index >= 15 is 0 Å². The van der Waals surface area contributed by atoms with Crippen LogP contribution in [0.3, 0.4) is 0 Å². The Kier molecular flexibility index (Phi) is 5.83. The van der Waals surface area contributed by atoms with Gasteiger partial charge in [-0.25, -0.2) is 0 Å². The molecular weight excluding hydrogens is 304 g/mol. The van der Waals surface area contributed by atoms with Crippen molar-refractivity contribution in [1.29, 1.82) is 0 Å². The number of carbonyl (C=O) groups is 2. The fraction of sp³-hybridized carbons (Fsp3) is 0.643. The van der Waals surface area contributed by atoms with E-state index in [1.54, 1.807) is 34.7 Å². The Balaban J connectivity index is 2.56. The number of rotatable bonds is 6. The maximum absolute atomic E-state index is 12.1. The van der Waals surface area contributed by atoms with Gasteiger partial charge in [0.15, 0.2) is 0 Å². The molecule has 1 atom stereocenters. The van der Waals surface area contributed by atoms with Gasteiger partial charge >= 0.3 is 11.7 Å². The fourth-order valence-corrected chi connectivity index (χ4v) is 1.78.